The highest BCUT2D eigenvalue weighted by molar-refractivity contribution is 7.22. The van der Waals surface area contributed by atoms with E-state index in [0.717, 1.165) is 36.7 Å². The van der Waals surface area contributed by atoms with Crippen molar-refractivity contribution in [2.45, 2.75) is 13.5 Å². The topological polar surface area (TPSA) is 34.0 Å². The number of rotatable bonds is 3. The lowest BCUT2D eigenvalue weighted by atomic mass is 10.0. The minimum Gasteiger partial charge on any atom is -0.347 e. The number of hydrogen-bond acceptors (Lipinski definition) is 4. The van der Waals surface area contributed by atoms with Crippen molar-refractivity contribution < 1.29 is 8.78 Å². The van der Waals surface area contributed by atoms with E-state index in [1.165, 1.54) is 17.4 Å². The molecular weight excluding hydrogens is 306 g/mol. The van der Waals surface area contributed by atoms with Crippen molar-refractivity contribution in [3.8, 4) is 0 Å². The Bertz CT molecular complexity index is 835. The smallest absolute Gasteiger partial charge is 0.186 e. The molecule has 0 bridgehead atoms. The van der Waals surface area contributed by atoms with Crippen LogP contribution in [0, 0.1) is 24.5 Å². The minimum absolute atomic E-state index is 0.260. The van der Waals surface area contributed by atoms with Gasteiger partial charge in [-0.3, -0.25) is 0 Å². The number of anilines is 1. The summed E-state index contributed by atoms with van der Waals surface area (Å²) in [5, 5.41) is 0.762. The summed E-state index contributed by atoms with van der Waals surface area (Å²) in [4.78, 5) is 10.6. The molecule has 3 aromatic rings. The van der Waals surface area contributed by atoms with Gasteiger partial charge < -0.3 is 9.47 Å². The molecule has 0 N–H and O–H groups in total. The Hall–Kier alpha value is -2.02. The second-order valence-corrected chi connectivity index (χ2v) is 6.64. The molecule has 2 aromatic heterocycles. The number of fused-ring (bicyclic) bond motifs is 1. The van der Waals surface area contributed by atoms with Crippen LogP contribution in [0.3, 0.4) is 0 Å². The monoisotopic (exact) mass is 320 g/mol. The van der Waals surface area contributed by atoms with E-state index in [1.807, 2.05) is 13.1 Å². The SMILES string of the molecule is Cc1nccn1CC1CN(c2nc3c(F)cc(F)cc3s2)C1. The van der Waals surface area contributed by atoms with Gasteiger partial charge in [-0.25, -0.2) is 18.7 Å². The molecule has 0 atom stereocenters. The molecule has 0 spiro atoms. The number of imidazole rings is 1. The van der Waals surface area contributed by atoms with Crippen LogP contribution in [0.1, 0.15) is 5.82 Å². The van der Waals surface area contributed by atoms with Gasteiger partial charge >= 0.3 is 0 Å². The van der Waals surface area contributed by atoms with Gasteiger partial charge in [-0.05, 0) is 13.0 Å². The number of hydrogen-bond donors (Lipinski definition) is 0. The van der Waals surface area contributed by atoms with Crippen LogP contribution < -0.4 is 4.90 Å². The highest BCUT2D eigenvalue weighted by Gasteiger charge is 2.29. The molecule has 0 saturated carbocycles. The zero-order chi connectivity index (χ0) is 15.3. The van der Waals surface area contributed by atoms with Crippen molar-refractivity contribution in [2.24, 2.45) is 5.92 Å². The second-order valence-electron chi connectivity index (χ2n) is 5.63. The molecule has 0 unspecified atom stereocenters. The van der Waals surface area contributed by atoms with Crippen LogP contribution in [0.5, 0.6) is 0 Å². The largest absolute Gasteiger partial charge is 0.347 e. The van der Waals surface area contributed by atoms with Crippen molar-refractivity contribution in [3.63, 3.8) is 0 Å². The molecule has 0 amide bonds. The lowest BCUT2D eigenvalue weighted by Crippen LogP contribution is -2.48. The Labute approximate surface area is 130 Å². The molecule has 3 heterocycles. The third-order valence-corrected chi connectivity index (χ3v) is 5.07. The quantitative estimate of drug-likeness (QED) is 0.743. The van der Waals surface area contributed by atoms with Crippen molar-refractivity contribution in [1.82, 2.24) is 14.5 Å². The molecule has 114 valence electrons. The van der Waals surface area contributed by atoms with Gasteiger partial charge in [0.15, 0.2) is 10.9 Å². The maximum Gasteiger partial charge on any atom is 0.186 e. The van der Waals surface area contributed by atoms with Crippen molar-refractivity contribution in [1.29, 1.82) is 0 Å². The summed E-state index contributed by atoms with van der Waals surface area (Å²) in [6.07, 6.45) is 3.78. The maximum absolute atomic E-state index is 13.7. The van der Waals surface area contributed by atoms with Crippen molar-refractivity contribution >= 4 is 26.7 Å². The van der Waals surface area contributed by atoms with Crippen LogP contribution in [-0.2, 0) is 6.54 Å². The van der Waals surface area contributed by atoms with E-state index in [2.05, 4.69) is 19.4 Å². The number of halogens is 2. The minimum atomic E-state index is -0.594. The van der Waals surface area contributed by atoms with E-state index in [1.54, 1.807) is 6.20 Å². The predicted octanol–water partition coefficient (Wildman–Crippen LogP) is 3.22. The van der Waals surface area contributed by atoms with E-state index < -0.39 is 11.6 Å². The van der Waals surface area contributed by atoms with Crippen LogP contribution in [0.25, 0.3) is 10.2 Å². The summed E-state index contributed by atoms with van der Waals surface area (Å²) in [5.74, 6) is 0.387. The average Bonchev–Trinajstić information content (AvgIpc) is 3.00. The van der Waals surface area contributed by atoms with Gasteiger partial charge in [-0.2, -0.15) is 0 Å². The Morgan fingerprint density at radius 1 is 1.32 bits per heavy atom. The van der Waals surface area contributed by atoms with Crippen LogP contribution >= 0.6 is 11.3 Å². The second kappa shape index (κ2) is 5.01. The molecule has 4 rings (SSSR count). The van der Waals surface area contributed by atoms with E-state index in [-0.39, 0.29) is 5.52 Å². The van der Waals surface area contributed by atoms with E-state index >= 15 is 0 Å². The third kappa shape index (κ3) is 2.25. The molecule has 22 heavy (non-hydrogen) atoms. The first-order valence-corrected chi connectivity index (χ1v) is 7.90. The number of aromatic nitrogens is 3. The molecule has 7 heteroatoms. The van der Waals surface area contributed by atoms with Gasteiger partial charge in [0.05, 0.1) is 4.70 Å². The zero-order valence-electron chi connectivity index (χ0n) is 12.0. The zero-order valence-corrected chi connectivity index (χ0v) is 12.8. The van der Waals surface area contributed by atoms with Crippen LogP contribution in [0.4, 0.5) is 13.9 Å². The van der Waals surface area contributed by atoms with Gasteiger partial charge in [0.25, 0.3) is 0 Å². The molecule has 1 saturated heterocycles. The number of benzene rings is 1. The number of nitrogens with zero attached hydrogens (tertiary/aromatic N) is 4. The average molecular weight is 320 g/mol. The van der Waals surface area contributed by atoms with Gasteiger partial charge in [0.1, 0.15) is 17.2 Å². The van der Waals surface area contributed by atoms with Crippen LogP contribution in [0.15, 0.2) is 24.5 Å². The Morgan fingerprint density at radius 3 is 2.86 bits per heavy atom. The molecule has 1 aromatic carbocycles. The summed E-state index contributed by atoms with van der Waals surface area (Å²) in [7, 11) is 0. The van der Waals surface area contributed by atoms with Gasteiger partial charge in [-0.1, -0.05) is 11.3 Å². The highest BCUT2D eigenvalue weighted by Crippen LogP contribution is 2.34. The molecular formula is C15H14F2N4S. The molecule has 0 radical (unpaired) electrons. The lowest BCUT2D eigenvalue weighted by molar-refractivity contribution is 0.354. The summed E-state index contributed by atoms with van der Waals surface area (Å²) < 4.78 is 29.6. The van der Waals surface area contributed by atoms with E-state index in [0.29, 0.717) is 10.6 Å². The van der Waals surface area contributed by atoms with E-state index in [9.17, 15) is 8.78 Å². The van der Waals surface area contributed by atoms with Gasteiger partial charge in [0, 0.05) is 44.0 Å². The first-order valence-electron chi connectivity index (χ1n) is 7.08. The summed E-state index contributed by atoms with van der Waals surface area (Å²) in [6.45, 7) is 4.67. The van der Waals surface area contributed by atoms with Crippen LogP contribution in [-0.4, -0.2) is 27.6 Å². The summed E-state index contributed by atoms with van der Waals surface area (Å²) in [5.41, 5.74) is 0.260. The fourth-order valence-electron chi connectivity index (χ4n) is 2.80. The molecule has 1 fully saturated rings. The Morgan fingerprint density at radius 2 is 2.14 bits per heavy atom. The number of aryl methyl sites for hydroxylation is 1. The molecule has 1 aliphatic heterocycles. The van der Waals surface area contributed by atoms with Crippen molar-refractivity contribution in [3.05, 3.63) is 42.0 Å². The van der Waals surface area contributed by atoms with Crippen molar-refractivity contribution in [2.75, 3.05) is 18.0 Å². The standard InChI is InChI=1S/C15H14F2N4S/c1-9-18-2-3-20(9)6-10-7-21(8-10)15-19-14-12(17)4-11(16)5-13(14)22-15/h2-5,10H,6-8H2,1H3. The fourth-order valence-corrected chi connectivity index (χ4v) is 3.82. The maximum atomic E-state index is 13.7. The number of thiazole rings is 1. The lowest BCUT2D eigenvalue weighted by Gasteiger charge is -2.39. The Kier molecular flexibility index (Phi) is 3.11. The van der Waals surface area contributed by atoms with E-state index in [4.69, 9.17) is 0 Å². The normalized spacial score (nSPS) is 15.5. The third-order valence-electron chi connectivity index (χ3n) is 4.01. The first-order chi connectivity index (χ1) is 10.6. The molecule has 1 aliphatic rings. The highest BCUT2D eigenvalue weighted by atomic mass is 32.1. The Balaban J connectivity index is 1.49. The molecule has 4 nitrogen and oxygen atoms in total. The summed E-state index contributed by atoms with van der Waals surface area (Å²) >= 11 is 1.34. The van der Waals surface area contributed by atoms with Crippen LogP contribution in [0.2, 0.25) is 0 Å². The predicted molar refractivity (Wildman–Crippen MR) is 82.2 cm³/mol. The van der Waals surface area contributed by atoms with Gasteiger partial charge in [-0.15, -0.1) is 0 Å². The molecule has 0 aliphatic carbocycles. The summed E-state index contributed by atoms with van der Waals surface area (Å²) in [6, 6.07) is 2.22. The first kappa shape index (κ1) is 13.6. The van der Waals surface area contributed by atoms with Gasteiger partial charge in [0.2, 0.25) is 0 Å². The fraction of sp³-hybridized carbons (Fsp3) is 0.333.